The van der Waals surface area contributed by atoms with Crippen molar-refractivity contribution in [2.45, 2.75) is 5.54 Å². The fourth-order valence-corrected chi connectivity index (χ4v) is 5.20. The number of nitrogens with zero attached hydrogens (tertiary/aromatic N) is 5. The first-order valence-corrected chi connectivity index (χ1v) is 10.8. The highest BCUT2D eigenvalue weighted by molar-refractivity contribution is 8.13. The fraction of sp³-hybridized carbons (Fsp3) is 0.227. The number of carbonyl (C=O) groups is 1. The predicted molar refractivity (Wildman–Crippen MR) is 117 cm³/mol. The SMILES string of the molecule is O=C(NC1=NC2(c3cccnc3)CN(c3ncc(F)cn3)CC2CS1)c1ccccc1. The van der Waals surface area contributed by atoms with Crippen molar-refractivity contribution in [2.75, 3.05) is 23.7 Å². The highest BCUT2D eigenvalue weighted by atomic mass is 32.2. The van der Waals surface area contributed by atoms with Crippen LogP contribution >= 0.6 is 11.8 Å². The molecule has 9 heteroatoms. The minimum Gasteiger partial charge on any atom is -0.338 e. The van der Waals surface area contributed by atoms with Crippen LogP contribution < -0.4 is 10.2 Å². The van der Waals surface area contributed by atoms with E-state index in [1.54, 1.807) is 18.3 Å². The van der Waals surface area contributed by atoms with Crippen LogP contribution in [0.3, 0.4) is 0 Å². The van der Waals surface area contributed by atoms with Crippen LogP contribution in [0.4, 0.5) is 10.3 Å². The van der Waals surface area contributed by atoms with Crippen molar-refractivity contribution in [3.8, 4) is 0 Å². The van der Waals surface area contributed by atoms with Crippen molar-refractivity contribution in [1.82, 2.24) is 20.3 Å². The maximum atomic E-state index is 13.3. The lowest BCUT2D eigenvalue weighted by Gasteiger charge is -2.35. The highest BCUT2D eigenvalue weighted by Crippen LogP contribution is 2.46. The van der Waals surface area contributed by atoms with Gasteiger partial charge in [0.15, 0.2) is 11.0 Å². The van der Waals surface area contributed by atoms with Crippen molar-refractivity contribution in [2.24, 2.45) is 10.9 Å². The van der Waals surface area contributed by atoms with Crippen LogP contribution in [0.25, 0.3) is 0 Å². The number of hydrogen-bond donors (Lipinski definition) is 1. The van der Waals surface area contributed by atoms with Crippen molar-refractivity contribution in [1.29, 1.82) is 0 Å². The molecule has 1 fully saturated rings. The zero-order chi connectivity index (χ0) is 21.3. The molecule has 1 aromatic carbocycles. The van der Waals surface area contributed by atoms with Crippen molar-refractivity contribution in [3.05, 3.63) is 84.2 Å². The van der Waals surface area contributed by atoms with Gasteiger partial charge in [-0.2, -0.15) is 0 Å². The molecule has 2 aliphatic rings. The third-order valence-electron chi connectivity index (χ3n) is 5.58. The normalized spacial score (nSPS) is 22.5. The smallest absolute Gasteiger partial charge is 0.257 e. The summed E-state index contributed by atoms with van der Waals surface area (Å²) in [4.78, 5) is 32.3. The fourth-order valence-electron chi connectivity index (χ4n) is 4.07. The summed E-state index contributed by atoms with van der Waals surface area (Å²) in [5.74, 6) is 0.729. The maximum Gasteiger partial charge on any atom is 0.257 e. The van der Waals surface area contributed by atoms with Gasteiger partial charge in [0.2, 0.25) is 5.95 Å². The number of pyridine rings is 1. The average Bonchev–Trinajstić information content (AvgIpc) is 3.21. The molecule has 1 saturated heterocycles. The Hall–Kier alpha value is -3.33. The number of halogens is 1. The monoisotopic (exact) mass is 434 g/mol. The second-order valence-corrected chi connectivity index (χ2v) is 8.50. The van der Waals surface area contributed by atoms with Gasteiger partial charge in [0.1, 0.15) is 5.54 Å². The number of carbonyl (C=O) groups excluding carboxylic acids is 1. The summed E-state index contributed by atoms with van der Waals surface area (Å²) in [5, 5.41) is 3.54. The molecule has 156 valence electrons. The van der Waals surface area contributed by atoms with E-state index in [1.165, 1.54) is 24.2 Å². The zero-order valence-corrected chi connectivity index (χ0v) is 17.3. The molecule has 2 aromatic heterocycles. The van der Waals surface area contributed by atoms with Gasteiger partial charge in [0.25, 0.3) is 5.91 Å². The Labute approximate surface area is 182 Å². The maximum absolute atomic E-state index is 13.3. The Morgan fingerprint density at radius 2 is 1.94 bits per heavy atom. The first kappa shape index (κ1) is 19.6. The Balaban J connectivity index is 1.49. The van der Waals surface area contributed by atoms with Crippen LogP contribution in [-0.2, 0) is 5.54 Å². The molecule has 2 atom stereocenters. The quantitative estimate of drug-likeness (QED) is 0.683. The van der Waals surface area contributed by atoms with E-state index in [0.29, 0.717) is 29.8 Å². The molecule has 7 nitrogen and oxygen atoms in total. The Morgan fingerprint density at radius 1 is 1.13 bits per heavy atom. The number of anilines is 1. The molecule has 0 radical (unpaired) electrons. The van der Waals surface area contributed by atoms with Crippen molar-refractivity contribution < 1.29 is 9.18 Å². The Morgan fingerprint density at radius 3 is 2.68 bits per heavy atom. The van der Waals surface area contributed by atoms with Crippen molar-refractivity contribution >= 4 is 28.8 Å². The van der Waals surface area contributed by atoms with Gasteiger partial charge in [-0.3, -0.25) is 9.78 Å². The molecule has 3 aromatic rings. The third kappa shape index (κ3) is 3.76. The minimum atomic E-state index is -0.601. The van der Waals surface area contributed by atoms with Gasteiger partial charge in [-0.1, -0.05) is 36.0 Å². The largest absolute Gasteiger partial charge is 0.338 e. The second kappa shape index (κ2) is 8.07. The number of benzene rings is 1. The molecule has 2 unspecified atom stereocenters. The summed E-state index contributed by atoms with van der Waals surface area (Å²) in [6.07, 6.45) is 5.89. The molecule has 1 amide bonds. The van der Waals surface area contributed by atoms with Gasteiger partial charge < -0.3 is 10.2 Å². The number of amidine groups is 1. The van der Waals surface area contributed by atoms with Gasteiger partial charge in [0, 0.05) is 41.7 Å². The first-order chi connectivity index (χ1) is 15.1. The molecular formula is C22H19FN6OS. The van der Waals surface area contributed by atoms with Crippen LogP contribution in [-0.4, -0.2) is 44.9 Å². The lowest BCUT2D eigenvalue weighted by molar-refractivity contribution is 0.0977. The van der Waals surface area contributed by atoms with Gasteiger partial charge >= 0.3 is 0 Å². The lowest BCUT2D eigenvalue weighted by Crippen LogP contribution is -2.42. The average molecular weight is 435 g/mol. The second-order valence-electron chi connectivity index (χ2n) is 7.49. The van der Waals surface area contributed by atoms with Crippen LogP contribution in [0.2, 0.25) is 0 Å². The van der Waals surface area contributed by atoms with E-state index >= 15 is 0 Å². The predicted octanol–water partition coefficient (Wildman–Crippen LogP) is 2.88. The topological polar surface area (TPSA) is 83.4 Å². The number of nitrogens with one attached hydrogen (secondary N) is 1. The van der Waals surface area contributed by atoms with Gasteiger partial charge in [-0.15, -0.1) is 0 Å². The molecule has 5 rings (SSSR count). The molecule has 0 spiro atoms. The van der Waals surface area contributed by atoms with Crippen LogP contribution in [0.15, 0.2) is 72.2 Å². The summed E-state index contributed by atoms with van der Waals surface area (Å²) in [6, 6.07) is 13.0. The third-order valence-corrected chi connectivity index (χ3v) is 6.61. The number of rotatable bonds is 3. The van der Waals surface area contributed by atoms with E-state index in [-0.39, 0.29) is 11.8 Å². The Kier molecular flexibility index (Phi) is 5.11. The van der Waals surface area contributed by atoms with Crippen LogP contribution in [0.5, 0.6) is 0 Å². The molecule has 4 heterocycles. The molecule has 2 aliphatic heterocycles. The van der Waals surface area contributed by atoms with Gasteiger partial charge in [0.05, 0.1) is 18.9 Å². The van der Waals surface area contributed by atoms with Gasteiger partial charge in [-0.25, -0.2) is 19.4 Å². The van der Waals surface area contributed by atoms with E-state index in [1.807, 2.05) is 41.4 Å². The van der Waals surface area contributed by atoms with E-state index in [4.69, 9.17) is 4.99 Å². The summed E-state index contributed by atoms with van der Waals surface area (Å²) in [7, 11) is 0. The molecule has 0 bridgehead atoms. The number of amides is 1. The summed E-state index contributed by atoms with van der Waals surface area (Å²) in [6.45, 7) is 1.19. The van der Waals surface area contributed by atoms with Crippen LogP contribution in [0.1, 0.15) is 15.9 Å². The molecule has 0 aliphatic carbocycles. The molecule has 0 saturated carbocycles. The van der Waals surface area contributed by atoms with E-state index in [2.05, 4.69) is 20.3 Å². The minimum absolute atomic E-state index is 0.160. The lowest BCUT2D eigenvalue weighted by atomic mass is 9.83. The van der Waals surface area contributed by atoms with Gasteiger partial charge in [-0.05, 0) is 18.2 Å². The number of hydrogen-bond acceptors (Lipinski definition) is 7. The molecule has 1 N–H and O–H groups in total. The highest BCUT2D eigenvalue weighted by Gasteiger charge is 2.51. The van der Waals surface area contributed by atoms with E-state index in [9.17, 15) is 9.18 Å². The number of fused-ring (bicyclic) bond motifs is 1. The van der Waals surface area contributed by atoms with Crippen molar-refractivity contribution in [3.63, 3.8) is 0 Å². The number of aliphatic imine (C=N–C) groups is 1. The molecular weight excluding hydrogens is 415 g/mol. The van der Waals surface area contributed by atoms with E-state index < -0.39 is 11.4 Å². The summed E-state index contributed by atoms with van der Waals surface area (Å²) in [5.41, 5.74) is 0.948. The first-order valence-electron chi connectivity index (χ1n) is 9.86. The number of aromatic nitrogens is 3. The Bertz CT molecular complexity index is 1110. The zero-order valence-electron chi connectivity index (χ0n) is 16.5. The summed E-state index contributed by atoms with van der Waals surface area (Å²) < 4.78 is 13.3. The standard InChI is InChI=1S/C22H19FN6OS/c23-18-10-25-20(26-11-18)29-12-17-13-31-21(27-19(30)15-5-2-1-3-6-15)28-22(17,14-29)16-7-4-8-24-9-16/h1-11,17H,12-14H2,(H,27,28,30). The van der Waals surface area contributed by atoms with E-state index in [0.717, 1.165) is 11.3 Å². The summed E-state index contributed by atoms with van der Waals surface area (Å²) >= 11 is 1.53. The molecule has 31 heavy (non-hydrogen) atoms. The van der Waals surface area contributed by atoms with Crippen LogP contribution in [0, 0.1) is 11.7 Å². The number of thioether (sulfide) groups is 1.